The topological polar surface area (TPSA) is 141 Å². The molecule has 1 aromatic heterocycles. The van der Waals surface area contributed by atoms with Crippen LogP contribution in [0.25, 0.3) is 0 Å². The van der Waals surface area contributed by atoms with Crippen LogP contribution in [0.3, 0.4) is 0 Å². The minimum atomic E-state index is -1.32. The summed E-state index contributed by atoms with van der Waals surface area (Å²) in [5, 5.41) is 14.8. The Morgan fingerprint density at radius 3 is 2.33 bits per heavy atom. The molecule has 170 valence electrons. The Labute approximate surface area is 189 Å². The van der Waals surface area contributed by atoms with Gasteiger partial charge in [0.05, 0.1) is 0 Å². The fourth-order valence-electron chi connectivity index (χ4n) is 3.48. The third-order valence-electron chi connectivity index (χ3n) is 5.14. The molecule has 1 unspecified atom stereocenters. The van der Waals surface area contributed by atoms with Gasteiger partial charge < -0.3 is 20.7 Å². The van der Waals surface area contributed by atoms with E-state index in [-0.39, 0.29) is 17.8 Å². The molecule has 3 aromatic rings. The zero-order chi connectivity index (χ0) is 24.1. The monoisotopic (exact) mass is 448 g/mol. The van der Waals surface area contributed by atoms with Gasteiger partial charge in [0.2, 0.25) is 0 Å². The highest BCUT2D eigenvalue weighted by Gasteiger charge is 2.24. The zero-order valence-corrected chi connectivity index (χ0v) is 18.4. The van der Waals surface area contributed by atoms with E-state index in [4.69, 9.17) is 0 Å². The number of aryl methyl sites for hydroxylation is 3. The zero-order valence-electron chi connectivity index (χ0n) is 18.4. The summed E-state index contributed by atoms with van der Waals surface area (Å²) in [4.78, 5) is 55.3. The molecule has 33 heavy (non-hydrogen) atoms. The summed E-state index contributed by atoms with van der Waals surface area (Å²) < 4.78 is 0. The first kappa shape index (κ1) is 23.4. The van der Waals surface area contributed by atoms with Crippen LogP contribution in [0, 0.1) is 20.8 Å². The Hall–Kier alpha value is -4.27. The molecule has 0 aliphatic carbocycles. The quantitative estimate of drug-likeness (QED) is 0.437. The molecule has 9 nitrogen and oxygen atoms in total. The number of benzene rings is 2. The fraction of sp³-hybridized carbons (Fsp3) is 0.208. The summed E-state index contributed by atoms with van der Waals surface area (Å²) in [6.07, 6.45) is 1.07. The van der Waals surface area contributed by atoms with Crippen molar-refractivity contribution in [1.82, 2.24) is 15.3 Å². The molecule has 2 amide bonds. The second kappa shape index (κ2) is 9.90. The summed E-state index contributed by atoms with van der Waals surface area (Å²) >= 11 is 0. The van der Waals surface area contributed by atoms with Gasteiger partial charge in [0.1, 0.15) is 11.9 Å². The Kier molecular flexibility index (Phi) is 7.02. The molecule has 4 N–H and O–H groups in total. The number of rotatable bonds is 7. The predicted octanol–water partition coefficient (Wildman–Crippen LogP) is 2.37. The second-order valence-electron chi connectivity index (χ2n) is 7.74. The number of carboxylic acid groups (broad SMARTS) is 1. The second-order valence-corrected chi connectivity index (χ2v) is 7.74. The first-order chi connectivity index (χ1) is 15.7. The van der Waals surface area contributed by atoms with Crippen LogP contribution in [0.1, 0.15) is 43.0 Å². The number of aromatic amines is 1. The van der Waals surface area contributed by atoms with Gasteiger partial charge in [-0.2, -0.15) is 4.98 Å². The van der Waals surface area contributed by atoms with Crippen molar-refractivity contribution in [3.8, 4) is 0 Å². The summed E-state index contributed by atoms with van der Waals surface area (Å²) in [6, 6.07) is 10.8. The van der Waals surface area contributed by atoms with Crippen LogP contribution in [0.2, 0.25) is 0 Å². The minimum Gasteiger partial charge on any atom is -0.480 e. The van der Waals surface area contributed by atoms with Gasteiger partial charge in [0.25, 0.3) is 11.8 Å². The van der Waals surface area contributed by atoms with Crippen molar-refractivity contribution >= 4 is 23.6 Å². The largest absolute Gasteiger partial charge is 0.480 e. The summed E-state index contributed by atoms with van der Waals surface area (Å²) in [5.74, 6) is -2.36. The van der Waals surface area contributed by atoms with Gasteiger partial charge in [-0.3, -0.25) is 9.59 Å². The lowest BCUT2D eigenvalue weighted by atomic mass is 10.0. The maximum Gasteiger partial charge on any atom is 0.346 e. The third kappa shape index (κ3) is 5.70. The smallest absolute Gasteiger partial charge is 0.346 e. The molecule has 1 heterocycles. The molecule has 3 rings (SSSR count). The van der Waals surface area contributed by atoms with Crippen molar-refractivity contribution in [2.24, 2.45) is 0 Å². The number of hydrogen-bond donors (Lipinski definition) is 4. The van der Waals surface area contributed by atoms with Crippen molar-refractivity contribution < 1.29 is 19.5 Å². The first-order valence-electron chi connectivity index (χ1n) is 10.2. The molecule has 0 aliphatic heterocycles. The highest BCUT2D eigenvalue weighted by Crippen LogP contribution is 2.18. The number of aromatic nitrogens is 2. The fourth-order valence-corrected chi connectivity index (χ4v) is 3.48. The number of hydrogen-bond acceptors (Lipinski definition) is 5. The lowest BCUT2D eigenvalue weighted by Crippen LogP contribution is -2.42. The number of amides is 2. The van der Waals surface area contributed by atoms with Crippen molar-refractivity contribution in [1.29, 1.82) is 0 Å². The molecular formula is C24H24N4O5. The van der Waals surface area contributed by atoms with Gasteiger partial charge in [-0.05, 0) is 44.0 Å². The molecule has 0 spiro atoms. The number of carboxylic acids is 1. The molecular weight excluding hydrogens is 424 g/mol. The van der Waals surface area contributed by atoms with E-state index in [1.807, 2.05) is 19.1 Å². The van der Waals surface area contributed by atoms with E-state index in [0.717, 1.165) is 16.7 Å². The van der Waals surface area contributed by atoms with E-state index in [2.05, 4.69) is 20.6 Å². The van der Waals surface area contributed by atoms with E-state index in [1.54, 1.807) is 44.2 Å². The molecule has 1 atom stereocenters. The molecule has 0 fully saturated rings. The van der Waals surface area contributed by atoms with Crippen LogP contribution in [0.4, 0.5) is 5.82 Å². The highest BCUT2D eigenvalue weighted by molar-refractivity contribution is 6.06. The van der Waals surface area contributed by atoms with E-state index < -0.39 is 29.5 Å². The van der Waals surface area contributed by atoms with Gasteiger partial charge in [-0.15, -0.1) is 0 Å². The van der Waals surface area contributed by atoms with E-state index in [0.29, 0.717) is 11.1 Å². The third-order valence-corrected chi connectivity index (χ3v) is 5.14. The van der Waals surface area contributed by atoms with Crippen LogP contribution < -0.4 is 16.3 Å². The van der Waals surface area contributed by atoms with Gasteiger partial charge in [-0.25, -0.2) is 9.59 Å². The maximum absolute atomic E-state index is 12.9. The number of nitrogens with zero attached hydrogens (tertiary/aromatic N) is 1. The Morgan fingerprint density at radius 1 is 1.03 bits per heavy atom. The number of carbonyl (C=O) groups excluding carboxylic acids is 2. The number of nitrogens with one attached hydrogen (secondary N) is 3. The molecule has 0 saturated heterocycles. The summed E-state index contributed by atoms with van der Waals surface area (Å²) in [5.41, 5.74) is 2.66. The van der Waals surface area contributed by atoms with Gasteiger partial charge >= 0.3 is 11.7 Å². The SMILES string of the molecule is Cc1cccc(C(=O)NC(Cc2c[nH]c(=O)nc2NC(=O)c2c(C)cccc2C)C(=O)O)c1. The minimum absolute atomic E-state index is 0.0672. The molecule has 9 heteroatoms. The Balaban J connectivity index is 1.86. The average molecular weight is 448 g/mol. The maximum atomic E-state index is 12.9. The lowest BCUT2D eigenvalue weighted by Gasteiger charge is -2.17. The van der Waals surface area contributed by atoms with Crippen molar-refractivity contribution in [2.75, 3.05) is 5.32 Å². The average Bonchev–Trinajstić information content (AvgIpc) is 2.74. The molecule has 0 bridgehead atoms. The number of anilines is 1. The normalized spacial score (nSPS) is 11.5. The Morgan fingerprint density at radius 2 is 1.70 bits per heavy atom. The molecule has 2 aromatic carbocycles. The van der Waals surface area contributed by atoms with E-state index in [9.17, 15) is 24.3 Å². The van der Waals surface area contributed by atoms with Crippen LogP contribution in [0.15, 0.2) is 53.5 Å². The van der Waals surface area contributed by atoms with Crippen LogP contribution >= 0.6 is 0 Å². The molecule has 0 saturated carbocycles. The van der Waals surface area contributed by atoms with Crippen molar-refractivity contribution in [3.63, 3.8) is 0 Å². The van der Waals surface area contributed by atoms with Gasteiger partial charge in [0.15, 0.2) is 0 Å². The highest BCUT2D eigenvalue weighted by atomic mass is 16.4. The Bertz CT molecular complexity index is 1260. The van der Waals surface area contributed by atoms with Gasteiger partial charge in [-0.1, -0.05) is 35.9 Å². The van der Waals surface area contributed by atoms with Crippen LogP contribution in [0.5, 0.6) is 0 Å². The lowest BCUT2D eigenvalue weighted by molar-refractivity contribution is -0.139. The van der Waals surface area contributed by atoms with E-state index in [1.165, 1.54) is 6.20 Å². The number of carbonyl (C=O) groups is 3. The van der Waals surface area contributed by atoms with Crippen LogP contribution in [-0.4, -0.2) is 38.9 Å². The molecule has 0 aliphatic rings. The standard InChI is InChI=1S/C24H24N4O5/c1-13-6-4-9-16(10-13)21(29)26-18(23(31)32)11-17-12-25-24(33)28-20(17)27-22(30)19-14(2)7-5-8-15(19)3/h4-10,12,18H,11H2,1-3H3,(H,26,29)(H,31,32)(H2,25,27,28,30,33). The molecule has 0 radical (unpaired) electrons. The van der Waals surface area contributed by atoms with Crippen molar-refractivity contribution in [3.05, 3.63) is 92.5 Å². The summed E-state index contributed by atoms with van der Waals surface area (Å²) in [6.45, 7) is 5.40. The first-order valence-corrected chi connectivity index (χ1v) is 10.2. The van der Waals surface area contributed by atoms with Crippen LogP contribution in [-0.2, 0) is 11.2 Å². The van der Waals surface area contributed by atoms with Gasteiger partial charge in [0, 0.05) is 29.3 Å². The van der Waals surface area contributed by atoms with E-state index >= 15 is 0 Å². The number of H-pyrrole nitrogens is 1. The predicted molar refractivity (Wildman–Crippen MR) is 122 cm³/mol. The number of aliphatic carboxylic acids is 1. The summed E-state index contributed by atoms with van der Waals surface area (Å²) in [7, 11) is 0. The van der Waals surface area contributed by atoms with Crippen molar-refractivity contribution in [2.45, 2.75) is 33.2 Å².